The lowest BCUT2D eigenvalue weighted by molar-refractivity contribution is -0.123. The number of carbonyl (C=O) groups is 3. The van der Waals surface area contributed by atoms with Crippen LogP contribution in [0.1, 0.15) is 54.4 Å². The Labute approximate surface area is 253 Å². The summed E-state index contributed by atoms with van der Waals surface area (Å²) in [5, 5.41) is 3.47. The third-order valence-electron chi connectivity index (χ3n) is 8.78. The summed E-state index contributed by atoms with van der Waals surface area (Å²) < 4.78 is 11.0. The molecule has 8 heteroatoms. The summed E-state index contributed by atoms with van der Waals surface area (Å²) >= 11 is 0. The van der Waals surface area contributed by atoms with E-state index in [1.54, 1.807) is 18.9 Å². The van der Waals surface area contributed by atoms with Crippen molar-refractivity contribution in [2.75, 3.05) is 49.8 Å². The maximum Gasteiger partial charge on any atom is 0.265 e. The number of methoxy groups -OCH3 is 1. The van der Waals surface area contributed by atoms with Crippen LogP contribution < -0.4 is 19.9 Å². The highest BCUT2D eigenvalue weighted by Crippen LogP contribution is 2.42. The van der Waals surface area contributed by atoms with Crippen LogP contribution in [-0.4, -0.2) is 63.6 Å². The first kappa shape index (κ1) is 29.1. The summed E-state index contributed by atoms with van der Waals surface area (Å²) in [6, 6.07) is 22.1. The van der Waals surface area contributed by atoms with Crippen molar-refractivity contribution in [1.82, 2.24) is 5.32 Å². The smallest absolute Gasteiger partial charge is 0.265 e. The first-order valence-electron chi connectivity index (χ1n) is 15.3. The zero-order valence-corrected chi connectivity index (χ0v) is 24.9. The molecule has 2 heterocycles. The highest BCUT2D eigenvalue weighted by Gasteiger charge is 2.41. The van der Waals surface area contributed by atoms with Gasteiger partial charge in [0.2, 0.25) is 5.91 Å². The molecule has 2 amide bonds. The van der Waals surface area contributed by atoms with E-state index in [-0.39, 0.29) is 42.1 Å². The molecule has 0 unspecified atom stereocenters. The fourth-order valence-corrected chi connectivity index (χ4v) is 6.35. The van der Waals surface area contributed by atoms with E-state index >= 15 is 0 Å². The average molecular weight is 582 g/mol. The van der Waals surface area contributed by atoms with Gasteiger partial charge in [-0.1, -0.05) is 48.5 Å². The Kier molecular flexibility index (Phi) is 8.58. The maximum absolute atomic E-state index is 14.5. The standard InChI is InChI=1S/C35H39N3O5/c1-23(39)24-7-9-25(10-8-24)26-5-3-6-27(19-26)30-15-16-36-21-31(30)35(41)38(28-11-12-28)29-13-14-33-32(20-29)37(17-4-18-42-2)34(40)22-43-33/h3,5-10,13-14,19-20,28,30-31,36H,4,11-12,15-18,21-22H2,1-2H3/t30-,31+/m1/s1. The molecule has 2 atom stereocenters. The van der Waals surface area contributed by atoms with Gasteiger partial charge in [-0.2, -0.15) is 0 Å². The minimum Gasteiger partial charge on any atom is -0.482 e. The van der Waals surface area contributed by atoms with E-state index < -0.39 is 0 Å². The molecule has 8 nitrogen and oxygen atoms in total. The molecule has 1 aliphatic carbocycles. The number of fused-ring (bicyclic) bond motifs is 1. The Morgan fingerprint density at radius 1 is 1.02 bits per heavy atom. The van der Waals surface area contributed by atoms with E-state index in [4.69, 9.17) is 9.47 Å². The van der Waals surface area contributed by atoms with Gasteiger partial charge in [-0.25, -0.2) is 0 Å². The lowest BCUT2D eigenvalue weighted by atomic mass is 9.79. The summed E-state index contributed by atoms with van der Waals surface area (Å²) in [7, 11) is 1.66. The summed E-state index contributed by atoms with van der Waals surface area (Å²) in [6.07, 6.45) is 3.51. The number of benzene rings is 3. The largest absolute Gasteiger partial charge is 0.482 e. The predicted octanol–water partition coefficient (Wildman–Crippen LogP) is 5.21. The minimum absolute atomic E-state index is 0.0138. The van der Waals surface area contributed by atoms with Crippen molar-refractivity contribution in [3.05, 3.63) is 77.9 Å². The van der Waals surface area contributed by atoms with Gasteiger partial charge in [-0.15, -0.1) is 0 Å². The molecule has 3 aliphatic rings. The Hall–Kier alpha value is -4.01. The van der Waals surface area contributed by atoms with Crippen LogP contribution in [0.25, 0.3) is 11.1 Å². The third-order valence-corrected chi connectivity index (χ3v) is 8.78. The molecule has 1 N–H and O–H groups in total. The van der Waals surface area contributed by atoms with Crippen molar-refractivity contribution < 1.29 is 23.9 Å². The van der Waals surface area contributed by atoms with Crippen LogP contribution in [0.5, 0.6) is 5.75 Å². The number of anilines is 2. The van der Waals surface area contributed by atoms with Crippen molar-refractivity contribution in [2.24, 2.45) is 5.92 Å². The molecule has 2 fully saturated rings. The molecular formula is C35H39N3O5. The number of nitrogens with one attached hydrogen (secondary N) is 1. The van der Waals surface area contributed by atoms with Crippen LogP contribution in [0.2, 0.25) is 0 Å². The topological polar surface area (TPSA) is 88.2 Å². The molecule has 0 spiro atoms. The summed E-state index contributed by atoms with van der Waals surface area (Å²) in [4.78, 5) is 42.7. The van der Waals surface area contributed by atoms with Crippen LogP contribution in [0.3, 0.4) is 0 Å². The van der Waals surface area contributed by atoms with Crippen LogP contribution in [0.15, 0.2) is 66.7 Å². The number of piperidine rings is 1. The Morgan fingerprint density at radius 3 is 2.58 bits per heavy atom. The zero-order chi connectivity index (χ0) is 29.9. The molecule has 6 rings (SSSR count). The average Bonchev–Trinajstić information content (AvgIpc) is 3.87. The highest BCUT2D eigenvalue weighted by atomic mass is 16.5. The molecular weight excluding hydrogens is 542 g/mol. The van der Waals surface area contributed by atoms with Gasteiger partial charge in [0, 0.05) is 44.1 Å². The summed E-state index contributed by atoms with van der Waals surface area (Å²) in [5.41, 5.74) is 5.49. The van der Waals surface area contributed by atoms with Gasteiger partial charge in [-0.05, 0) is 80.0 Å². The number of rotatable bonds is 10. The molecule has 43 heavy (non-hydrogen) atoms. The predicted molar refractivity (Wildman–Crippen MR) is 167 cm³/mol. The number of amides is 2. The fraction of sp³-hybridized carbons (Fsp3) is 0.400. The number of hydrogen-bond donors (Lipinski definition) is 1. The van der Waals surface area contributed by atoms with Gasteiger partial charge in [0.1, 0.15) is 5.75 Å². The molecule has 2 aliphatic heterocycles. The quantitative estimate of drug-likeness (QED) is 0.261. The van der Waals surface area contributed by atoms with E-state index in [1.165, 1.54) is 0 Å². The second-order valence-corrected chi connectivity index (χ2v) is 11.7. The van der Waals surface area contributed by atoms with Crippen molar-refractivity contribution in [3.8, 4) is 16.9 Å². The van der Waals surface area contributed by atoms with Gasteiger partial charge < -0.3 is 24.6 Å². The Bertz CT molecular complexity index is 1500. The maximum atomic E-state index is 14.5. The number of Topliss-reactive ketones (excluding diaryl/α,β-unsaturated/α-hetero) is 1. The summed E-state index contributed by atoms with van der Waals surface area (Å²) in [5.74, 6) is 0.584. The summed E-state index contributed by atoms with van der Waals surface area (Å²) in [6.45, 7) is 4.15. The van der Waals surface area contributed by atoms with Crippen LogP contribution in [0.4, 0.5) is 11.4 Å². The lowest BCUT2D eigenvalue weighted by Crippen LogP contribution is -2.47. The second kappa shape index (κ2) is 12.7. The van der Waals surface area contributed by atoms with Crippen molar-refractivity contribution in [2.45, 2.75) is 44.6 Å². The van der Waals surface area contributed by atoms with Crippen LogP contribution >= 0.6 is 0 Å². The molecule has 0 radical (unpaired) electrons. The van der Waals surface area contributed by atoms with Gasteiger partial charge in [0.25, 0.3) is 5.91 Å². The van der Waals surface area contributed by atoms with Crippen molar-refractivity contribution in [3.63, 3.8) is 0 Å². The fourth-order valence-electron chi connectivity index (χ4n) is 6.35. The van der Waals surface area contributed by atoms with E-state index in [0.29, 0.717) is 43.1 Å². The van der Waals surface area contributed by atoms with E-state index in [0.717, 1.165) is 48.2 Å². The van der Waals surface area contributed by atoms with Gasteiger partial charge >= 0.3 is 0 Å². The minimum atomic E-state index is -0.226. The molecule has 0 aromatic heterocycles. The molecule has 1 saturated heterocycles. The normalized spacial score (nSPS) is 19.9. The van der Waals surface area contributed by atoms with Crippen molar-refractivity contribution >= 4 is 29.0 Å². The number of nitrogens with zero attached hydrogens (tertiary/aromatic N) is 2. The molecule has 0 bridgehead atoms. The number of carbonyl (C=O) groups excluding carboxylic acids is 3. The second-order valence-electron chi connectivity index (χ2n) is 11.7. The van der Waals surface area contributed by atoms with Crippen molar-refractivity contribution in [1.29, 1.82) is 0 Å². The van der Waals surface area contributed by atoms with Crippen LogP contribution in [0, 0.1) is 5.92 Å². The van der Waals surface area contributed by atoms with Gasteiger partial charge in [0.15, 0.2) is 12.4 Å². The number of ketones is 1. The molecule has 3 aromatic carbocycles. The SMILES string of the molecule is COCCCN1C(=O)COc2ccc(N(C(=O)[C@H]3CNCC[C@@H]3c3cccc(-c4ccc(C(C)=O)cc4)c3)C3CC3)cc21. The third kappa shape index (κ3) is 6.21. The number of ether oxygens (including phenoxy) is 2. The van der Waals surface area contributed by atoms with Gasteiger partial charge in [0.05, 0.1) is 11.6 Å². The number of hydrogen-bond acceptors (Lipinski definition) is 6. The van der Waals surface area contributed by atoms with Crippen LogP contribution in [-0.2, 0) is 14.3 Å². The molecule has 3 aromatic rings. The first-order chi connectivity index (χ1) is 20.9. The zero-order valence-electron chi connectivity index (χ0n) is 24.9. The first-order valence-corrected chi connectivity index (χ1v) is 15.3. The lowest BCUT2D eigenvalue weighted by Gasteiger charge is -2.36. The Morgan fingerprint density at radius 2 is 1.84 bits per heavy atom. The Balaban J connectivity index is 1.28. The highest BCUT2D eigenvalue weighted by molar-refractivity contribution is 6.01. The van der Waals surface area contributed by atoms with E-state index in [2.05, 4.69) is 29.6 Å². The molecule has 224 valence electrons. The van der Waals surface area contributed by atoms with Gasteiger partial charge in [-0.3, -0.25) is 14.4 Å². The van der Waals surface area contributed by atoms with E-state index in [9.17, 15) is 14.4 Å². The van der Waals surface area contributed by atoms with E-state index in [1.807, 2.05) is 47.4 Å². The molecule has 1 saturated carbocycles. The monoisotopic (exact) mass is 581 g/mol.